The average Bonchev–Trinajstić information content (AvgIpc) is 2.69. The zero-order chi connectivity index (χ0) is 10.7. The Morgan fingerprint density at radius 1 is 1.47 bits per heavy atom. The summed E-state index contributed by atoms with van der Waals surface area (Å²) >= 11 is 7.66. The molecule has 0 spiro atoms. The van der Waals surface area contributed by atoms with Crippen LogP contribution in [-0.4, -0.2) is 5.16 Å². The smallest absolute Gasteiger partial charge is 0.127 e. The molecule has 0 aliphatic carbocycles. The van der Waals surface area contributed by atoms with Gasteiger partial charge in [0.2, 0.25) is 0 Å². The quantitative estimate of drug-likeness (QED) is 0.661. The van der Waals surface area contributed by atoms with Gasteiger partial charge in [-0.2, -0.15) is 0 Å². The fourth-order valence-corrected chi connectivity index (χ4v) is 2.27. The lowest BCUT2D eigenvalue weighted by Gasteiger charge is -2.03. The highest BCUT2D eigenvalue weighted by Gasteiger charge is 2.03. The SMILES string of the molecule is Nc1ccc(SCc2cnoc2)c(Cl)c1. The van der Waals surface area contributed by atoms with Gasteiger partial charge < -0.3 is 10.3 Å². The van der Waals surface area contributed by atoms with Crippen molar-refractivity contribution in [2.75, 3.05) is 5.73 Å². The summed E-state index contributed by atoms with van der Waals surface area (Å²) in [7, 11) is 0. The van der Waals surface area contributed by atoms with Gasteiger partial charge >= 0.3 is 0 Å². The van der Waals surface area contributed by atoms with Crippen LogP contribution in [0.5, 0.6) is 0 Å². The summed E-state index contributed by atoms with van der Waals surface area (Å²) in [5, 5.41) is 4.31. The van der Waals surface area contributed by atoms with Crippen LogP contribution in [0, 0.1) is 0 Å². The summed E-state index contributed by atoms with van der Waals surface area (Å²) < 4.78 is 4.74. The van der Waals surface area contributed by atoms with Gasteiger partial charge in [0.05, 0.1) is 11.2 Å². The van der Waals surface area contributed by atoms with Gasteiger partial charge in [0.15, 0.2) is 0 Å². The van der Waals surface area contributed by atoms with E-state index in [1.54, 1.807) is 30.3 Å². The van der Waals surface area contributed by atoms with E-state index in [-0.39, 0.29) is 0 Å². The van der Waals surface area contributed by atoms with Gasteiger partial charge in [0.1, 0.15) is 6.26 Å². The van der Waals surface area contributed by atoms with Gasteiger partial charge in [-0.25, -0.2) is 0 Å². The third-order valence-electron chi connectivity index (χ3n) is 1.83. The van der Waals surface area contributed by atoms with Crippen molar-refractivity contribution in [2.24, 2.45) is 0 Å². The Kier molecular flexibility index (Phi) is 3.18. The van der Waals surface area contributed by atoms with Gasteiger partial charge in [-0.15, -0.1) is 11.8 Å². The molecule has 0 aliphatic heterocycles. The van der Waals surface area contributed by atoms with E-state index >= 15 is 0 Å². The minimum atomic E-state index is 0.675. The molecule has 2 aromatic rings. The van der Waals surface area contributed by atoms with Crippen LogP contribution in [0.25, 0.3) is 0 Å². The van der Waals surface area contributed by atoms with E-state index in [1.165, 1.54) is 0 Å². The maximum absolute atomic E-state index is 6.03. The molecule has 0 radical (unpaired) electrons. The van der Waals surface area contributed by atoms with Crippen LogP contribution in [-0.2, 0) is 5.75 Å². The number of halogens is 1. The number of nitrogens with zero attached hydrogens (tertiary/aromatic N) is 1. The summed E-state index contributed by atoms with van der Waals surface area (Å²) in [6.07, 6.45) is 3.32. The van der Waals surface area contributed by atoms with E-state index in [2.05, 4.69) is 5.16 Å². The molecular weight excluding hydrogens is 232 g/mol. The lowest BCUT2D eigenvalue weighted by atomic mass is 10.3. The predicted octanol–water partition coefficient (Wildman–Crippen LogP) is 3.20. The Morgan fingerprint density at radius 3 is 3.00 bits per heavy atom. The molecule has 1 aromatic heterocycles. The molecule has 1 aromatic carbocycles. The Labute approximate surface area is 96.6 Å². The number of benzene rings is 1. The lowest BCUT2D eigenvalue weighted by molar-refractivity contribution is 0.419. The van der Waals surface area contributed by atoms with Crippen LogP contribution in [0.3, 0.4) is 0 Å². The molecule has 0 amide bonds. The normalized spacial score (nSPS) is 10.5. The van der Waals surface area contributed by atoms with Gasteiger partial charge in [0, 0.05) is 21.9 Å². The maximum atomic E-state index is 6.03. The number of aromatic nitrogens is 1. The zero-order valence-electron chi connectivity index (χ0n) is 7.81. The zero-order valence-corrected chi connectivity index (χ0v) is 9.39. The molecule has 0 fully saturated rings. The third-order valence-corrected chi connectivity index (χ3v) is 3.40. The number of hydrogen-bond donors (Lipinski definition) is 1. The molecule has 2 N–H and O–H groups in total. The first-order valence-electron chi connectivity index (χ1n) is 4.32. The fraction of sp³-hybridized carbons (Fsp3) is 0.100. The van der Waals surface area contributed by atoms with Crippen molar-refractivity contribution in [3.8, 4) is 0 Å². The Balaban J connectivity index is 2.05. The second-order valence-electron chi connectivity index (χ2n) is 3.01. The van der Waals surface area contributed by atoms with E-state index in [0.717, 1.165) is 16.2 Å². The lowest BCUT2D eigenvalue weighted by Crippen LogP contribution is -1.85. The Morgan fingerprint density at radius 2 is 2.33 bits per heavy atom. The van der Waals surface area contributed by atoms with Crippen molar-refractivity contribution >= 4 is 29.1 Å². The summed E-state index contributed by atoms with van der Waals surface area (Å²) in [5.41, 5.74) is 7.31. The summed E-state index contributed by atoms with van der Waals surface area (Å²) in [4.78, 5) is 1.01. The van der Waals surface area contributed by atoms with Crippen LogP contribution in [0.4, 0.5) is 5.69 Å². The number of anilines is 1. The molecule has 3 nitrogen and oxygen atoms in total. The van der Waals surface area contributed by atoms with E-state index in [1.807, 2.05) is 12.1 Å². The second-order valence-corrected chi connectivity index (χ2v) is 4.44. The Hall–Kier alpha value is -1.13. The number of rotatable bonds is 3. The molecule has 0 atom stereocenters. The molecule has 0 bridgehead atoms. The topological polar surface area (TPSA) is 52.0 Å². The minimum absolute atomic E-state index is 0.675. The predicted molar refractivity (Wildman–Crippen MR) is 61.9 cm³/mol. The van der Waals surface area contributed by atoms with Crippen LogP contribution in [0.1, 0.15) is 5.56 Å². The van der Waals surface area contributed by atoms with Gasteiger partial charge in [0.25, 0.3) is 0 Å². The molecule has 0 unspecified atom stereocenters. The molecule has 15 heavy (non-hydrogen) atoms. The monoisotopic (exact) mass is 240 g/mol. The number of thioether (sulfide) groups is 1. The molecule has 0 saturated carbocycles. The van der Waals surface area contributed by atoms with Gasteiger partial charge in [-0.1, -0.05) is 16.8 Å². The number of nitrogen functional groups attached to an aromatic ring is 1. The van der Waals surface area contributed by atoms with E-state index in [4.69, 9.17) is 21.9 Å². The standard InChI is InChI=1S/C10H9ClN2OS/c11-9-3-8(12)1-2-10(9)15-6-7-4-13-14-5-7/h1-5H,6,12H2. The van der Waals surface area contributed by atoms with Crippen LogP contribution in [0.2, 0.25) is 5.02 Å². The van der Waals surface area contributed by atoms with Gasteiger partial charge in [-0.3, -0.25) is 0 Å². The summed E-state index contributed by atoms with van der Waals surface area (Å²) in [6, 6.07) is 5.50. The first kappa shape index (κ1) is 10.4. The highest BCUT2D eigenvalue weighted by molar-refractivity contribution is 7.98. The van der Waals surface area contributed by atoms with Crippen molar-refractivity contribution in [2.45, 2.75) is 10.6 Å². The van der Waals surface area contributed by atoms with Crippen LogP contribution < -0.4 is 5.73 Å². The summed E-state index contributed by atoms with van der Waals surface area (Å²) in [5.74, 6) is 0.785. The van der Waals surface area contributed by atoms with Crippen molar-refractivity contribution in [3.63, 3.8) is 0 Å². The minimum Gasteiger partial charge on any atom is -0.399 e. The largest absolute Gasteiger partial charge is 0.399 e. The van der Waals surface area contributed by atoms with E-state index in [9.17, 15) is 0 Å². The van der Waals surface area contributed by atoms with Crippen molar-refractivity contribution in [1.29, 1.82) is 0 Å². The van der Waals surface area contributed by atoms with E-state index < -0.39 is 0 Å². The molecule has 1 heterocycles. The van der Waals surface area contributed by atoms with Crippen LogP contribution in [0.15, 0.2) is 40.1 Å². The van der Waals surface area contributed by atoms with Crippen molar-refractivity contribution in [3.05, 3.63) is 41.2 Å². The van der Waals surface area contributed by atoms with Crippen LogP contribution >= 0.6 is 23.4 Å². The molecule has 0 aliphatic rings. The van der Waals surface area contributed by atoms with E-state index in [0.29, 0.717) is 10.7 Å². The fourth-order valence-electron chi connectivity index (χ4n) is 1.09. The third kappa shape index (κ3) is 2.67. The number of hydrogen-bond acceptors (Lipinski definition) is 4. The first-order chi connectivity index (χ1) is 7.25. The average molecular weight is 241 g/mol. The highest BCUT2D eigenvalue weighted by Crippen LogP contribution is 2.30. The molecule has 78 valence electrons. The maximum Gasteiger partial charge on any atom is 0.127 e. The molecular formula is C10H9ClN2OS. The summed E-state index contributed by atoms with van der Waals surface area (Å²) in [6.45, 7) is 0. The molecule has 5 heteroatoms. The second kappa shape index (κ2) is 4.59. The Bertz CT molecular complexity index is 445. The van der Waals surface area contributed by atoms with Crippen molar-refractivity contribution < 1.29 is 4.52 Å². The highest BCUT2D eigenvalue weighted by atomic mass is 35.5. The molecule has 2 rings (SSSR count). The van der Waals surface area contributed by atoms with Gasteiger partial charge in [-0.05, 0) is 18.2 Å². The number of nitrogens with two attached hydrogens (primary N) is 1. The molecule has 0 saturated heterocycles. The first-order valence-corrected chi connectivity index (χ1v) is 5.68. The van der Waals surface area contributed by atoms with Crippen molar-refractivity contribution in [1.82, 2.24) is 5.16 Å².